The number of fused-ring (bicyclic) bond motifs is 3. The van der Waals surface area contributed by atoms with Crippen LogP contribution in [0, 0.1) is 6.92 Å². The number of aromatic nitrogens is 2. The van der Waals surface area contributed by atoms with E-state index in [-0.39, 0.29) is 5.91 Å². The molecule has 0 N–H and O–H groups in total. The van der Waals surface area contributed by atoms with Crippen LogP contribution in [0.3, 0.4) is 0 Å². The molecule has 1 saturated heterocycles. The number of para-hydroxylation sites is 2. The molecule has 5 rings (SSSR count). The molecule has 2 aliphatic rings. The van der Waals surface area contributed by atoms with Crippen LogP contribution >= 0.6 is 0 Å². The highest BCUT2D eigenvalue weighted by atomic mass is 16.5. The zero-order valence-electron chi connectivity index (χ0n) is 15.8. The van der Waals surface area contributed by atoms with Gasteiger partial charge >= 0.3 is 0 Å². The van der Waals surface area contributed by atoms with Gasteiger partial charge in [0.15, 0.2) is 5.69 Å². The van der Waals surface area contributed by atoms with E-state index < -0.39 is 0 Å². The summed E-state index contributed by atoms with van der Waals surface area (Å²) < 4.78 is 7.80. The van der Waals surface area contributed by atoms with Gasteiger partial charge in [0.2, 0.25) is 0 Å². The molecule has 3 aromatic rings. The standard InChI is InChI=1S/C22H22N4O2/c1-16-5-4-6-17(13-16)24-9-11-25(12-10-24)22(27)21-19-14-28-20-8-3-2-7-18(20)26(19)15-23-21/h2-8,13,15H,9-12,14H2,1H3. The molecule has 0 aliphatic carbocycles. The van der Waals surface area contributed by atoms with Gasteiger partial charge in [0.1, 0.15) is 18.7 Å². The van der Waals surface area contributed by atoms with Gasteiger partial charge in [-0.2, -0.15) is 0 Å². The highest BCUT2D eigenvalue weighted by Crippen LogP contribution is 2.31. The second-order valence-electron chi connectivity index (χ2n) is 7.28. The number of nitrogens with zero attached hydrogens (tertiary/aromatic N) is 4. The number of ether oxygens (including phenoxy) is 1. The highest BCUT2D eigenvalue weighted by Gasteiger charge is 2.29. The maximum atomic E-state index is 13.1. The van der Waals surface area contributed by atoms with Crippen molar-refractivity contribution in [2.24, 2.45) is 0 Å². The number of benzene rings is 2. The van der Waals surface area contributed by atoms with Crippen molar-refractivity contribution in [1.82, 2.24) is 14.5 Å². The lowest BCUT2D eigenvalue weighted by Gasteiger charge is -2.36. The summed E-state index contributed by atoms with van der Waals surface area (Å²) in [5.41, 5.74) is 4.72. The molecule has 0 spiro atoms. The average Bonchev–Trinajstić information content (AvgIpc) is 3.18. The van der Waals surface area contributed by atoms with E-state index in [1.54, 1.807) is 6.33 Å². The number of carbonyl (C=O) groups excluding carboxylic acids is 1. The zero-order valence-corrected chi connectivity index (χ0v) is 15.8. The topological polar surface area (TPSA) is 50.6 Å². The van der Waals surface area contributed by atoms with Crippen molar-refractivity contribution in [1.29, 1.82) is 0 Å². The quantitative estimate of drug-likeness (QED) is 0.692. The molecular weight excluding hydrogens is 352 g/mol. The molecular formula is C22H22N4O2. The Balaban J connectivity index is 1.33. The highest BCUT2D eigenvalue weighted by molar-refractivity contribution is 5.94. The Morgan fingerprint density at radius 3 is 2.68 bits per heavy atom. The normalized spacial score (nSPS) is 15.6. The molecule has 142 valence electrons. The van der Waals surface area contributed by atoms with Crippen LogP contribution in [0.5, 0.6) is 5.75 Å². The van der Waals surface area contributed by atoms with Gasteiger partial charge in [0.05, 0.1) is 11.4 Å². The third-order valence-electron chi connectivity index (χ3n) is 5.49. The Morgan fingerprint density at radius 1 is 1.04 bits per heavy atom. The van der Waals surface area contributed by atoms with Crippen molar-refractivity contribution in [3.63, 3.8) is 0 Å². The molecule has 0 atom stereocenters. The van der Waals surface area contributed by atoms with E-state index in [2.05, 4.69) is 41.1 Å². The van der Waals surface area contributed by atoms with Crippen LogP contribution < -0.4 is 9.64 Å². The van der Waals surface area contributed by atoms with Crippen molar-refractivity contribution >= 4 is 11.6 Å². The molecule has 28 heavy (non-hydrogen) atoms. The van der Waals surface area contributed by atoms with Crippen molar-refractivity contribution in [3.8, 4) is 11.4 Å². The first-order chi connectivity index (χ1) is 13.7. The Kier molecular flexibility index (Phi) is 4.04. The van der Waals surface area contributed by atoms with E-state index in [1.165, 1.54) is 11.3 Å². The van der Waals surface area contributed by atoms with Gasteiger partial charge in [0, 0.05) is 31.9 Å². The molecule has 3 heterocycles. The predicted molar refractivity (Wildman–Crippen MR) is 107 cm³/mol. The first kappa shape index (κ1) is 16.9. The number of hydrogen-bond donors (Lipinski definition) is 0. The monoisotopic (exact) mass is 374 g/mol. The second kappa shape index (κ2) is 6.71. The Morgan fingerprint density at radius 2 is 1.86 bits per heavy atom. The molecule has 6 nitrogen and oxygen atoms in total. The van der Waals surface area contributed by atoms with E-state index in [0.29, 0.717) is 25.4 Å². The van der Waals surface area contributed by atoms with Crippen LogP contribution in [-0.4, -0.2) is 46.5 Å². The fraction of sp³-hybridized carbons (Fsp3) is 0.273. The largest absolute Gasteiger partial charge is 0.485 e. The summed E-state index contributed by atoms with van der Waals surface area (Å²) in [4.78, 5) is 21.8. The van der Waals surface area contributed by atoms with Gasteiger partial charge in [-0.05, 0) is 36.8 Å². The van der Waals surface area contributed by atoms with Crippen LogP contribution in [0.2, 0.25) is 0 Å². The Labute approximate surface area is 164 Å². The number of piperazine rings is 1. The van der Waals surface area contributed by atoms with Crippen LogP contribution in [0.25, 0.3) is 5.69 Å². The third-order valence-corrected chi connectivity index (χ3v) is 5.49. The number of carbonyl (C=O) groups is 1. The first-order valence-corrected chi connectivity index (χ1v) is 9.60. The first-order valence-electron chi connectivity index (χ1n) is 9.60. The number of hydrogen-bond acceptors (Lipinski definition) is 4. The molecule has 2 aliphatic heterocycles. The minimum Gasteiger partial charge on any atom is -0.485 e. The summed E-state index contributed by atoms with van der Waals surface area (Å²) in [5, 5.41) is 0. The number of anilines is 1. The minimum atomic E-state index is -0.0133. The molecule has 0 radical (unpaired) electrons. The van der Waals surface area contributed by atoms with Crippen molar-refractivity contribution in [3.05, 3.63) is 71.8 Å². The second-order valence-corrected chi connectivity index (χ2v) is 7.28. The molecule has 6 heteroatoms. The van der Waals surface area contributed by atoms with Crippen LogP contribution in [0.1, 0.15) is 21.7 Å². The average molecular weight is 374 g/mol. The van der Waals surface area contributed by atoms with Crippen molar-refractivity contribution in [2.75, 3.05) is 31.1 Å². The van der Waals surface area contributed by atoms with Crippen LogP contribution in [0.15, 0.2) is 54.9 Å². The smallest absolute Gasteiger partial charge is 0.274 e. The van der Waals surface area contributed by atoms with Gasteiger partial charge in [-0.3, -0.25) is 9.36 Å². The van der Waals surface area contributed by atoms with Gasteiger partial charge < -0.3 is 14.5 Å². The minimum absolute atomic E-state index is 0.0133. The van der Waals surface area contributed by atoms with E-state index in [9.17, 15) is 4.79 Å². The molecule has 0 bridgehead atoms. The summed E-state index contributed by atoms with van der Waals surface area (Å²) in [5.74, 6) is 0.804. The Bertz CT molecular complexity index is 1030. The fourth-order valence-corrected chi connectivity index (χ4v) is 3.96. The number of aryl methyl sites for hydroxylation is 1. The summed E-state index contributed by atoms with van der Waals surface area (Å²) in [6, 6.07) is 16.3. The number of amides is 1. The number of imidazole rings is 1. The lowest BCUT2D eigenvalue weighted by Crippen LogP contribution is -2.49. The molecule has 1 aromatic heterocycles. The summed E-state index contributed by atoms with van der Waals surface area (Å²) in [7, 11) is 0. The molecule has 1 fully saturated rings. The third kappa shape index (κ3) is 2.81. The van der Waals surface area contributed by atoms with Gasteiger partial charge in [-0.15, -0.1) is 0 Å². The maximum absolute atomic E-state index is 13.1. The Hall–Kier alpha value is -3.28. The fourth-order valence-electron chi connectivity index (χ4n) is 3.96. The molecule has 2 aromatic carbocycles. The number of rotatable bonds is 2. The van der Waals surface area contributed by atoms with Gasteiger partial charge in [-0.1, -0.05) is 24.3 Å². The molecule has 0 saturated carbocycles. The van der Waals surface area contributed by atoms with E-state index in [1.807, 2.05) is 33.7 Å². The molecule has 1 amide bonds. The summed E-state index contributed by atoms with van der Waals surface area (Å²) in [6.07, 6.45) is 1.73. The summed E-state index contributed by atoms with van der Waals surface area (Å²) in [6.45, 7) is 5.49. The zero-order chi connectivity index (χ0) is 19.1. The van der Waals surface area contributed by atoms with Crippen molar-refractivity contribution in [2.45, 2.75) is 13.5 Å². The van der Waals surface area contributed by atoms with Crippen LogP contribution in [0.4, 0.5) is 5.69 Å². The predicted octanol–water partition coefficient (Wildman–Crippen LogP) is 3.04. The SMILES string of the molecule is Cc1cccc(N2CCN(C(=O)c3ncn4c3COc3ccccc3-4)CC2)c1. The van der Waals surface area contributed by atoms with E-state index in [0.717, 1.165) is 30.2 Å². The van der Waals surface area contributed by atoms with Gasteiger partial charge in [0.25, 0.3) is 5.91 Å². The lowest BCUT2D eigenvalue weighted by atomic mass is 10.1. The maximum Gasteiger partial charge on any atom is 0.274 e. The van der Waals surface area contributed by atoms with Gasteiger partial charge in [-0.25, -0.2) is 4.98 Å². The lowest BCUT2D eigenvalue weighted by molar-refractivity contribution is 0.0738. The molecule has 0 unspecified atom stereocenters. The van der Waals surface area contributed by atoms with E-state index >= 15 is 0 Å². The van der Waals surface area contributed by atoms with Crippen molar-refractivity contribution < 1.29 is 9.53 Å². The van der Waals surface area contributed by atoms with Crippen LogP contribution in [-0.2, 0) is 6.61 Å². The summed E-state index contributed by atoms with van der Waals surface area (Å²) >= 11 is 0. The van der Waals surface area contributed by atoms with E-state index in [4.69, 9.17) is 4.74 Å².